The second-order valence-corrected chi connectivity index (χ2v) is 5.64. The van der Waals surface area contributed by atoms with Gasteiger partial charge in [-0.2, -0.15) is 0 Å². The molecule has 1 heterocycles. The Hall–Kier alpha value is -3.28. The van der Waals surface area contributed by atoms with Gasteiger partial charge in [0.2, 0.25) is 0 Å². The van der Waals surface area contributed by atoms with E-state index in [-0.39, 0.29) is 17.4 Å². The van der Waals surface area contributed by atoms with Crippen molar-refractivity contribution in [2.75, 3.05) is 10.6 Å². The Morgan fingerprint density at radius 2 is 1.56 bits per heavy atom. The lowest BCUT2D eigenvalue weighted by atomic mass is 10.2. The fraction of sp³-hybridized carbons (Fsp3) is 0.105. The zero-order valence-corrected chi connectivity index (χ0v) is 13.9. The zero-order valence-electron chi connectivity index (χ0n) is 13.9. The molecule has 3 rings (SSSR count). The summed E-state index contributed by atoms with van der Waals surface area (Å²) in [6, 6.07) is 15.0. The van der Waals surface area contributed by atoms with E-state index in [4.69, 9.17) is 0 Å². The van der Waals surface area contributed by atoms with Crippen LogP contribution in [0, 0.1) is 19.7 Å². The Bertz CT molecular complexity index is 892. The Labute approximate surface area is 145 Å². The number of halogens is 1. The van der Waals surface area contributed by atoms with Gasteiger partial charge in [-0.3, -0.25) is 4.79 Å². The minimum atomic E-state index is -0.385. The number of benzene rings is 2. The average molecular weight is 336 g/mol. The van der Waals surface area contributed by atoms with Crippen molar-refractivity contribution in [1.82, 2.24) is 9.97 Å². The van der Waals surface area contributed by atoms with Gasteiger partial charge < -0.3 is 10.6 Å². The van der Waals surface area contributed by atoms with E-state index in [9.17, 15) is 9.18 Å². The van der Waals surface area contributed by atoms with Crippen LogP contribution in [0.2, 0.25) is 0 Å². The zero-order chi connectivity index (χ0) is 17.8. The molecular formula is C19H17FN4O. The Morgan fingerprint density at radius 1 is 0.920 bits per heavy atom. The van der Waals surface area contributed by atoms with E-state index in [1.165, 1.54) is 24.3 Å². The summed E-state index contributed by atoms with van der Waals surface area (Å²) in [5.74, 6) is 0.256. The summed E-state index contributed by atoms with van der Waals surface area (Å²) in [6.07, 6.45) is 0. The van der Waals surface area contributed by atoms with Gasteiger partial charge in [-0.05, 0) is 50.2 Å². The van der Waals surface area contributed by atoms with Crippen LogP contribution in [0.5, 0.6) is 0 Å². The van der Waals surface area contributed by atoms with Gasteiger partial charge in [0.25, 0.3) is 5.91 Å². The van der Waals surface area contributed by atoms with Crippen LogP contribution in [0.1, 0.15) is 21.9 Å². The summed E-state index contributed by atoms with van der Waals surface area (Å²) in [7, 11) is 0. The molecule has 0 saturated carbocycles. The van der Waals surface area contributed by atoms with E-state index in [1.807, 2.05) is 31.2 Å². The molecule has 0 bridgehead atoms. The minimum absolute atomic E-state index is 0.228. The second-order valence-electron chi connectivity index (χ2n) is 5.64. The van der Waals surface area contributed by atoms with Crippen LogP contribution in [0.15, 0.2) is 54.6 Å². The van der Waals surface area contributed by atoms with Crippen LogP contribution in [0.3, 0.4) is 0 Å². The number of nitrogens with zero attached hydrogens (tertiary/aromatic N) is 2. The van der Waals surface area contributed by atoms with Gasteiger partial charge in [0.15, 0.2) is 0 Å². The molecule has 0 fully saturated rings. The Morgan fingerprint density at radius 3 is 2.24 bits per heavy atom. The molecule has 0 radical (unpaired) electrons. The van der Waals surface area contributed by atoms with E-state index in [0.29, 0.717) is 17.3 Å². The molecule has 0 atom stereocenters. The lowest BCUT2D eigenvalue weighted by Crippen LogP contribution is -2.15. The van der Waals surface area contributed by atoms with Crippen molar-refractivity contribution in [1.29, 1.82) is 0 Å². The Kier molecular flexibility index (Phi) is 4.70. The molecule has 0 saturated heterocycles. The third kappa shape index (κ3) is 4.38. The van der Waals surface area contributed by atoms with Gasteiger partial charge in [-0.25, -0.2) is 14.4 Å². The maximum atomic E-state index is 12.9. The van der Waals surface area contributed by atoms with E-state index in [0.717, 1.165) is 11.3 Å². The number of carbonyl (C=O) groups excluding carboxylic acids is 1. The monoisotopic (exact) mass is 336 g/mol. The highest BCUT2D eigenvalue weighted by molar-refractivity contribution is 6.03. The van der Waals surface area contributed by atoms with E-state index in [1.54, 1.807) is 13.0 Å². The lowest BCUT2D eigenvalue weighted by Gasteiger charge is -2.09. The molecule has 0 aliphatic carbocycles. The second kappa shape index (κ2) is 7.09. The van der Waals surface area contributed by atoms with Crippen LogP contribution < -0.4 is 10.6 Å². The van der Waals surface area contributed by atoms with Gasteiger partial charge in [-0.15, -0.1) is 0 Å². The first kappa shape index (κ1) is 16.6. The number of hydrogen-bond donors (Lipinski definition) is 2. The highest BCUT2D eigenvalue weighted by Gasteiger charge is 2.11. The molecule has 1 aromatic heterocycles. The van der Waals surface area contributed by atoms with E-state index in [2.05, 4.69) is 20.6 Å². The third-order valence-electron chi connectivity index (χ3n) is 3.50. The van der Waals surface area contributed by atoms with Crippen molar-refractivity contribution in [2.24, 2.45) is 0 Å². The maximum Gasteiger partial charge on any atom is 0.274 e. The largest absolute Gasteiger partial charge is 0.340 e. The predicted molar refractivity (Wildman–Crippen MR) is 95.6 cm³/mol. The fourth-order valence-corrected chi connectivity index (χ4v) is 2.26. The number of nitrogens with one attached hydrogen (secondary N) is 2. The smallest absolute Gasteiger partial charge is 0.274 e. The van der Waals surface area contributed by atoms with Gasteiger partial charge in [-0.1, -0.05) is 17.7 Å². The molecule has 1 amide bonds. The van der Waals surface area contributed by atoms with Crippen molar-refractivity contribution < 1.29 is 9.18 Å². The molecule has 2 aromatic carbocycles. The molecule has 6 heteroatoms. The van der Waals surface area contributed by atoms with Crippen LogP contribution in [0.4, 0.5) is 21.6 Å². The minimum Gasteiger partial charge on any atom is -0.340 e. The molecule has 0 spiro atoms. The molecule has 25 heavy (non-hydrogen) atoms. The number of rotatable bonds is 4. The molecule has 2 N–H and O–H groups in total. The van der Waals surface area contributed by atoms with Crippen molar-refractivity contribution in [3.8, 4) is 0 Å². The van der Waals surface area contributed by atoms with Gasteiger partial charge in [0, 0.05) is 17.4 Å². The van der Waals surface area contributed by atoms with Crippen molar-refractivity contribution in [3.63, 3.8) is 0 Å². The molecule has 126 valence electrons. The van der Waals surface area contributed by atoms with Gasteiger partial charge in [0.1, 0.15) is 23.2 Å². The maximum absolute atomic E-state index is 12.9. The van der Waals surface area contributed by atoms with Crippen molar-refractivity contribution in [3.05, 3.63) is 77.5 Å². The summed E-state index contributed by atoms with van der Waals surface area (Å²) in [4.78, 5) is 20.8. The summed E-state index contributed by atoms with van der Waals surface area (Å²) >= 11 is 0. The number of anilines is 3. The quantitative estimate of drug-likeness (QED) is 0.748. The van der Waals surface area contributed by atoms with E-state index >= 15 is 0 Å². The first-order valence-electron chi connectivity index (χ1n) is 7.76. The third-order valence-corrected chi connectivity index (χ3v) is 3.50. The molecule has 5 nitrogen and oxygen atoms in total. The SMILES string of the molecule is Cc1ccc(Nc2cc(C(=O)Nc3ccc(F)cc3)nc(C)n2)cc1. The number of hydrogen-bond acceptors (Lipinski definition) is 4. The topological polar surface area (TPSA) is 66.9 Å². The fourth-order valence-electron chi connectivity index (χ4n) is 2.26. The lowest BCUT2D eigenvalue weighted by molar-refractivity contribution is 0.102. The molecule has 0 aliphatic heterocycles. The number of amides is 1. The number of aryl methyl sites for hydroxylation is 2. The van der Waals surface area contributed by atoms with E-state index < -0.39 is 0 Å². The highest BCUT2D eigenvalue weighted by atomic mass is 19.1. The molecule has 0 unspecified atom stereocenters. The summed E-state index contributed by atoms with van der Waals surface area (Å²) in [5, 5.41) is 5.85. The van der Waals surface area contributed by atoms with Crippen LogP contribution in [0.25, 0.3) is 0 Å². The van der Waals surface area contributed by atoms with Gasteiger partial charge in [0.05, 0.1) is 0 Å². The average Bonchev–Trinajstić information content (AvgIpc) is 2.58. The first-order chi connectivity index (χ1) is 12.0. The number of aromatic nitrogens is 2. The number of carbonyl (C=O) groups is 1. The predicted octanol–water partition coefficient (Wildman–Crippen LogP) is 4.23. The summed E-state index contributed by atoms with van der Waals surface area (Å²) in [5.41, 5.74) is 2.75. The van der Waals surface area contributed by atoms with Crippen LogP contribution >= 0.6 is 0 Å². The Balaban J connectivity index is 1.79. The summed E-state index contributed by atoms with van der Waals surface area (Å²) < 4.78 is 12.9. The molecule has 0 aliphatic rings. The van der Waals surface area contributed by atoms with Crippen molar-refractivity contribution >= 4 is 23.1 Å². The molecule has 3 aromatic rings. The summed E-state index contributed by atoms with van der Waals surface area (Å²) in [6.45, 7) is 3.73. The normalized spacial score (nSPS) is 10.4. The highest BCUT2D eigenvalue weighted by Crippen LogP contribution is 2.17. The van der Waals surface area contributed by atoms with Gasteiger partial charge >= 0.3 is 0 Å². The van der Waals surface area contributed by atoms with Crippen molar-refractivity contribution in [2.45, 2.75) is 13.8 Å². The first-order valence-corrected chi connectivity index (χ1v) is 7.76. The van der Waals surface area contributed by atoms with Crippen LogP contribution in [-0.2, 0) is 0 Å². The van der Waals surface area contributed by atoms with Crippen LogP contribution in [-0.4, -0.2) is 15.9 Å². The molecular weight excluding hydrogens is 319 g/mol. The standard InChI is InChI=1S/C19H17FN4O/c1-12-3-7-15(8-4-12)23-18-11-17(21-13(2)22-18)19(25)24-16-9-5-14(20)6-10-16/h3-11H,1-2H3,(H,24,25)(H,21,22,23).